The summed E-state index contributed by atoms with van der Waals surface area (Å²) in [4.78, 5) is 21.3. The van der Waals surface area contributed by atoms with E-state index in [0.717, 1.165) is 18.5 Å². The Balaban J connectivity index is 0.00000272. The van der Waals surface area contributed by atoms with Gasteiger partial charge >= 0.3 is 0 Å². The van der Waals surface area contributed by atoms with Crippen molar-refractivity contribution in [3.8, 4) is 11.3 Å². The molecule has 9 heteroatoms. The van der Waals surface area contributed by atoms with Crippen LogP contribution in [0.5, 0.6) is 0 Å². The van der Waals surface area contributed by atoms with E-state index in [2.05, 4.69) is 10.1 Å². The number of hydrogen-bond acceptors (Lipinski definition) is 6. The molecule has 6 nitrogen and oxygen atoms in total. The molecule has 0 bridgehead atoms. The molecule has 31 heavy (non-hydrogen) atoms. The summed E-state index contributed by atoms with van der Waals surface area (Å²) in [6, 6.07) is 15.9. The van der Waals surface area contributed by atoms with E-state index >= 15 is 0 Å². The van der Waals surface area contributed by atoms with Gasteiger partial charge in [-0.2, -0.15) is 0 Å². The zero-order valence-electron chi connectivity index (χ0n) is 17.1. The molecule has 0 aliphatic heterocycles. The van der Waals surface area contributed by atoms with Crippen molar-refractivity contribution in [3.05, 3.63) is 66.1 Å². The van der Waals surface area contributed by atoms with Crippen LogP contribution in [-0.2, 0) is 0 Å². The maximum absolute atomic E-state index is 14.1. The fourth-order valence-corrected chi connectivity index (χ4v) is 4.10. The average molecular weight is 461 g/mol. The van der Waals surface area contributed by atoms with Crippen molar-refractivity contribution in [2.45, 2.75) is 6.42 Å². The van der Waals surface area contributed by atoms with Crippen LogP contribution in [0.2, 0.25) is 0 Å². The van der Waals surface area contributed by atoms with E-state index in [0.29, 0.717) is 22.1 Å². The summed E-state index contributed by atoms with van der Waals surface area (Å²) in [5, 5.41) is 4.43. The van der Waals surface area contributed by atoms with Crippen molar-refractivity contribution in [1.82, 2.24) is 15.0 Å². The molecule has 2 aromatic carbocycles. The Bertz CT molecular complexity index is 1160. The van der Waals surface area contributed by atoms with E-state index < -0.39 is 5.82 Å². The highest BCUT2D eigenvalue weighted by atomic mass is 35.5. The number of carbonyl (C=O) groups excluding carboxylic acids is 1. The number of halogens is 2. The second kappa shape index (κ2) is 10.00. The molecule has 0 spiro atoms. The summed E-state index contributed by atoms with van der Waals surface area (Å²) in [6.07, 6.45) is 0.737. The van der Waals surface area contributed by atoms with Gasteiger partial charge in [0.25, 0.3) is 5.91 Å². The topological polar surface area (TPSA) is 62.5 Å². The van der Waals surface area contributed by atoms with Gasteiger partial charge in [-0.05, 0) is 39.2 Å². The molecule has 0 aliphatic carbocycles. The van der Waals surface area contributed by atoms with Crippen molar-refractivity contribution in [2.75, 3.05) is 32.1 Å². The summed E-state index contributed by atoms with van der Waals surface area (Å²) in [5.74, 6) is -0.204. The maximum Gasteiger partial charge on any atom is 0.282 e. The molecule has 0 aliphatic rings. The van der Waals surface area contributed by atoms with Crippen LogP contribution in [-0.4, -0.2) is 48.1 Å². The molecule has 1 amide bonds. The Morgan fingerprint density at radius 2 is 1.87 bits per heavy atom. The number of nitrogens with zero attached hydrogens (tertiary/aromatic N) is 4. The normalized spacial score (nSPS) is 11.0. The van der Waals surface area contributed by atoms with Gasteiger partial charge in [-0.1, -0.05) is 52.9 Å². The van der Waals surface area contributed by atoms with Gasteiger partial charge in [0, 0.05) is 18.2 Å². The van der Waals surface area contributed by atoms with Gasteiger partial charge in [-0.25, -0.2) is 9.37 Å². The third-order valence-corrected chi connectivity index (χ3v) is 5.65. The van der Waals surface area contributed by atoms with Crippen LogP contribution in [0, 0.1) is 5.82 Å². The summed E-state index contributed by atoms with van der Waals surface area (Å²) in [5.41, 5.74) is 1.30. The number of para-hydroxylation sites is 1. The SMILES string of the molecule is CN(C)CCCN(C(=O)c1cc(-c2ccccc2)on1)c1nc2c(F)cccc2s1.Cl. The van der Waals surface area contributed by atoms with Crippen LogP contribution in [0.1, 0.15) is 16.9 Å². The van der Waals surface area contributed by atoms with Crippen LogP contribution in [0.25, 0.3) is 21.5 Å². The smallest absolute Gasteiger partial charge is 0.282 e. The second-order valence-corrected chi connectivity index (χ2v) is 8.15. The number of hydrogen-bond donors (Lipinski definition) is 0. The zero-order chi connectivity index (χ0) is 21.1. The lowest BCUT2D eigenvalue weighted by molar-refractivity contribution is 0.0977. The number of rotatable bonds is 7. The third-order valence-electron chi connectivity index (χ3n) is 4.61. The standard InChI is InChI=1S/C22H21FN4O2S.ClH/c1-26(2)12-7-13-27(22-24-20-16(23)10-6-11-19(20)30-22)21(28)17-14-18(29-25-17)15-8-4-3-5-9-15;/h3-6,8-11,14H,7,12-13H2,1-2H3;1H. The van der Waals surface area contributed by atoms with Crippen LogP contribution < -0.4 is 4.90 Å². The molecule has 2 aromatic heterocycles. The molecule has 2 heterocycles. The van der Waals surface area contributed by atoms with Crippen molar-refractivity contribution in [1.29, 1.82) is 0 Å². The lowest BCUT2D eigenvalue weighted by Crippen LogP contribution is -2.33. The van der Waals surface area contributed by atoms with Crippen LogP contribution >= 0.6 is 23.7 Å². The first-order valence-corrected chi connectivity index (χ1v) is 10.4. The molecule has 0 saturated carbocycles. The molecule has 0 N–H and O–H groups in total. The van der Waals surface area contributed by atoms with Gasteiger partial charge in [0.1, 0.15) is 11.3 Å². The predicted octanol–water partition coefficient (Wildman–Crippen LogP) is 5.11. The Morgan fingerprint density at radius 1 is 1.10 bits per heavy atom. The monoisotopic (exact) mass is 460 g/mol. The zero-order valence-corrected chi connectivity index (χ0v) is 18.8. The van der Waals surface area contributed by atoms with Crippen LogP contribution in [0.15, 0.2) is 59.1 Å². The van der Waals surface area contributed by atoms with E-state index in [1.54, 1.807) is 23.1 Å². The highest BCUT2D eigenvalue weighted by Crippen LogP contribution is 2.31. The molecule has 4 aromatic rings. The molecule has 4 rings (SSSR count). The molecular formula is C22H22ClFN4O2S. The Hall–Kier alpha value is -2.81. The number of carbonyl (C=O) groups is 1. The van der Waals surface area contributed by atoms with E-state index in [9.17, 15) is 9.18 Å². The lowest BCUT2D eigenvalue weighted by atomic mass is 10.1. The predicted molar refractivity (Wildman–Crippen MR) is 124 cm³/mol. The third kappa shape index (κ3) is 5.10. The fraction of sp³-hybridized carbons (Fsp3) is 0.227. The van der Waals surface area contributed by atoms with Crippen molar-refractivity contribution in [3.63, 3.8) is 0 Å². The quantitative estimate of drug-likeness (QED) is 0.383. The first kappa shape index (κ1) is 22.9. The van der Waals surface area contributed by atoms with Gasteiger partial charge in [-0.3, -0.25) is 9.69 Å². The van der Waals surface area contributed by atoms with Gasteiger partial charge < -0.3 is 9.42 Å². The van der Waals surface area contributed by atoms with Crippen molar-refractivity contribution in [2.24, 2.45) is 0 Å². The Kier molecular flexibility index (Phi) is 7.37. The minimum Gasteiger partial charge on any atom is -0.355 e. The maximum atomic E-state index is 14.1. The average Bonchev–Trinajstić information content (AvgIpc) is 3.39. The number of amides is 1. The number of aromatic nitrogens is 2. The minimum absolute atomic E-state index is 0. The van der Waals surface area contributed by atoms with Gasteiger partial charge in [0.15, 0.2) is 16.6 Å². The molecule has 0 saturated heterocycles. The summed E-state index contributed by atoms with van der Waals surface area (Å²) in [7, 11) is 3.95. The van der Waals surface area contributed by atoms with Crippen LogP contribution in [0.3, 0.4) is 0 Å². The Labute approximate surface area is 189 Å². The minimum atomic E-state index is -0.400. The Morgan fingerprint density at radius 3 is 2.58 bits per heavy atom. The van der Waals surface area contributed by atoms with E-state index in [4.69, 9.17) is 4.52 Å². The van der Waals surface area contributed by atoms with E-state index in [1.165, 1.54) is 17.4 Å². The first-order valence-electron chi connectivity index (χ1n) is 9.57. The number of benzene rings is 2. The first-order chi connectivity index (χ1) is 14.5. The number of fused-ring (bicyclic) bond motifs is 1. The number of thiazole rings is 1. The molecule has 0 fully saturated rings. The summed E-state index contributed by atoms with van der Waals surface area (Å²) < 4.78 is 20.2. The van der Waals surface area contributed by atoms with E-state index in [-0.39, 0.29) is 29.5 Å². The van der Waals surface area contributed by atoms with Crippen LogP contribution in [0.4, 0.5) is 9.52 Å². The van der Waals surface area contributed by atoms with E-state index in [1.807, 2.05) is 49.3 Å². The highest BCUT2D eigenvalue weighted by molar-refractivity contribution is 7.22. The largest absolute Gasteiger partial charge is 0.355 e. The summed E-state index contributed by atoms with van der Waals surface area (Å²) in [6.45, 7) is 1.24. The molecule has 0 unspecified atom stereocenters. The molecule has 0 atom stereocenters. The van der Waals surface area contributed by atoms with Gasteiger partial charge in [0.2, 0.25) is 0 Å². The van der Waals surface area contributed by atoms with Crippen molar-refractivity contribution >= 4 is 45.0 Å². The molecule has 0 radical (unpaired) electrons. The molecule has 162 valence electrons. The highest BCUT2D eigenvalue weighted by Gasteiger charge is 2.25. The number of anilines is 1. The fourth-order valence-electron chi connectivity index (χ4n) is 3.10. The van der Waals surface area contributed by atoms with Gasteiger partial charge in [0.05, 0.1) is 4.70 Å². The lowest BCUT2D eigenvalue weighted by Gasteiger charge is -2.19. The second-order valence-electron chi connectivity index (χ2n) is 7.14. The summed E-state index contributed by atoms with van der Waals surface area (Å²) >= 11 is 1.29. The molecular weight excluding hydrogens is 439 g/mol. The van der Waals surface area contributed by atoms with Crippen molar-refractivity contribution < 1.29 is 13.7 Å². The van der Waals surface area contributed by atoms with Gasteiger partial charge in [-0.15, -0.1) is 12.4 Å².